The highest BCUT2D eigenvalue weighted by molar-refractivity contribution is 6.29. The van der Waals surface area contributed by atoms with Crippen LogP contribution in [0.25, 0.3) is 5.57 Å². The third-order valence-electron chi connectivity index (χ3n) is 2.71. The molecule has 0 aliphatic carbocycles. The molecule has 5 nitrogen and oxygen atoms in total. The van der Waals surface area contributed by atoms with Crippen LogP contribution in [0.2, 0.25) is 0 Å². The van der Waals surface area contributed by atoms with Crippen LogP contribution in [0.1, 0.15) is 22.8 Å². The minimum atomic E-state index is -1.23. The van der Waals surface area contributed by atoms with Gasteiger partial charge in [0.1, 0.15) is 0 Å². The van der Waals surface area contributed by atoms with Gasteiger partial charge in [-0.3, -0.25) is 9.79 Å². The van der Waals surface area contributed by atoms with Gasteiger partial charge in [0, 0.05) is 17.5 Å². The third-order valence-corrected chi connectivity index (χ3v) is 2.71. The maximum absolute atomic E-state index is 11.8. The summed E-state index contributed by atoms with van der Waals surface area (Å²) in [6, 6.07) is 5.90. The number of hydrogen-bond acceptors (Lipinski definition) is 4. The van der Waals surface area contributed by atoms with Crippen LogP contribution in [0.4, 0.5) is 0 Å². The smallest absolute Gasteiger partial charge is 0.335 e. The maximum Gasteiger partial charge on any atom is 0.335 e. The quantitative estimate of drug-likeness (QED) is 0.817. The number of aliphatic hydroxyl groups is 1. The zero-order chi connectivity index (χ0) is 13.3. The summed E-state index contributed by atoms with van der Waals surface area (Å²) in [6.45, 7) is 1.67. The molecular formula is C13H11NO4. The van der Waals surface area contributed by atoms with Crippen LogP contribution in [-0.2, 0) is 4.79 Å². The number of aromatic carboxylic acids is 1. The summed E-state index contributed by atoms with van der Waals surface area (Å²) in [5, 5.41) is 18.2. The molecule has 18 heavy (non-hydrogen) atoms. The van der Waals surface area contributed by atoms with E-state index in [1.54, 1.807) is 6.92 Å². The molecule has 0 fully saturated rings. The van der Waals surface area contributed by atoms with Crippen molar-refractivity contribution in [1.82, 2.24) is 0 Å². The van der Waals surface area contributed by atoms with E-state index in [-0.39, 0.29) is 5.56 Å². The average Bonchev–Trinajstić information content (AvgIpc) is 2.35. The van der Waals surface area contributed by atoms with Crippen molar-refractivity contribution in [2.45, 2.75) is 13.0 Å². The predicted molar refractivity (Wildman–Crippen MR) is 65.5 cm³/mol. The second-order valence-corrected chi connectivity index (χ2v) is 3.93. The molecule has 0 saturated carbocycles. The molecule has 0 aromatic heterocycles. The topological polar surface area (TPSA) is 87.0 Å². The number of carbonyl (C=O) groups excluding carboxylic acids is 1. The molecule has 1 aliphatic rings. The van der Waals surface area contributed by atoms with E-state index in [1.165, 1.54) is 30.5 Å². The number of nitrogens with zero attached hydrogens (tertiary/aromatic N) is 1. The molecule has 1 aromatic rings. The Morgan fingerprint density at radius 3 is 2.44 bits per heavy atom. The van der Waals surface area contributed by atoms with E-state index >= 15 is 0 Å². The lowest BCUT2D eigenvalue weighted by Crippen LogP contribution is -2.26. The molecule has 0 amide bonds. The maximum atomic E-state index is 11.8. The average molecular weight is 245 g/mol. The summed E-state index contributed by atoms with van der Waals surface area (Å²) in [7, 11) is 0. The van der Waals surface area contributed by atoms with E-state index in [4.69, 9.17) is 5.11 Å². The largest absolute Gasteiger partial charge is 0.478 e. The number of ketones is 1. The number of Topliss-reactive ketones (excluding diaryl/α,β-unsaturated/α-hetero) is 1. The van der Waals surface area contributed by atoms with Gasteiger partial charge in [-0.1, -0.05) is 12.1 Å². The van der Waals surface area contributed by atoms with Crippen molar-refractivity contribution in [2.75, 3.05) is 0 Å². The van der Waals surface area contributed by atoms with Crippen LogP contribution in [0.3, 0.4) is 0 Å². The molecule has 1 unspecified atom stereocenters. The van der Waals surface area contributed by atoms with Crippen LogP contribution in [-0.4, -0.2) is 34.3 Å². The van der Waals surface area contributed by atoms with Crippen LogP contribution in [0.15, 0.2) is 35.0 Å². The van der Waals surface area contributed by atoms with Gasteiger partial charge < -0.3 is 10.2 Å². The van der Waals surface area contributed by atoms with Gasteiger partial charge in [-0.25, -0.2) is 4.79 Å². The highest BCUT2D eigenvalue weighted by Gasteiger charge is 2.25. The SMILES string of the molecule is CC1=C(c2ccc(C(=O)O)cc2)C(=O)C(O)C=N1. The Bertz CT molecular complexity index is 569. The molecule has 92 valence electrons. The monoisotopic (exact) mass is 245 g/mol. The molecule has 0 saturated heterocycles. The first-order chi connectivity index (χ1) is 8.50. The highest BCUT2D eigenvalue weighted by Crippen LogP contribution is 2.24. The van der Waals surface area contributed by atoms with Gasteiger partial charge in [-0.05, 0) is 24.6 Å². The molecule has 2 rings (SSSR count). The van der Waals surface area contributed by atoms with Crippen molar-refractivity contribution in [1.29, 1.82) is 0 Å². The number of allylic oxidation sites excluding steroid dienone is 1. The first kappa shape index (κ1) is 12.2. The number of carboxylic acids is 1. The van der Waals surface area contributed by atoms with Crippen LogP contribution in [0.5, 0.6) is 0 Å². The Kier molecular flexibility index (Phi) is 3.08. The third kappa shape index (κ3) is 2.08. The van der Waals surface area contributed by atoms with Gasteiger partial charge in [-0.15, -0.1) is 0 Å². The second kappa shape index (κ2) is 4.54. The minimum Gasteiger partial charge on any atom is -0.478 e. The van der Waals surface area contributed by atoms with E-state index < -0.39 is 17.9 Å². The number of rotatable bonds is 2. The Labute approximate surface area is 103 Å². The van der Waals surface area contributed by atoms with Gasteiger partial charge >= 0.3 is 5.97 Å². The molecule has 0 spiro atoms. The lowest BCUT2D eigenvalue weighted by atomic mass is 9.94. The van der Waals surface area contributed by atoms with Crippen molar-refractivity contribution >= 4 is 23.5 Å². The van der Waals surface area contributed by atoms with Crippen molar-refractivity contribution in [3.05, 3.63) is 41.1 Å². The number of aliphatic hydroxyl groups excluding tert-OH is 1. The number of aliphatic imine (C=N–C) groups is 1. The van der Waals surface area contributed by atoms with Crippen LogP contribution < -0.4 is 0 Å². The van der Waals surface area contributed by atoms with Crippen molar-refractivity contribution < 1.29 is 19.8 Å². The standard InChI is InChI=1S/C13H11NO4/c1-7-11(12(16)10(15)6-14-7)8-2-4-9(5-3-8)13(17)18/h2-6,10,15H,1H3,(H,17,18). The fourth-order valence-electron chi connectivity index (χ4n) is 1.77. The summed E-state index contributed by atoms with van der Waals surface area (Å²) in [5.74, 6) is -1.45. The van der Waals surface area contributed by atoms with Gasteiger partial charge in [0.15, 0.2) is 11.9 Å². The molecule has 0 bridgehead atoms. The van der Waals surface area contributed by atoms with Gasteiger partial charge in [0.05, 0.1) is 5.56 Å². The molecule has 2 N–H and O–H groups in total. The first-order valence-corrected chi connectivity index (χ1v) is 5.32. The normalized spacial score (nSPS) is 19.2. The molecule has 1 aromatic carbocycles. The number of carboxylic acid groups (broad SMARTS) is 1. The summed E-state index contributed by atoms with van der Waals surface area (Å²) in [4.78, 5) is 26.5. The predicted octanol–water partition coefficient (Wildman–Crippen LogP) is 1.13. The van der Waals surface area contributed by atoms with E-state index in [1.807, 2.05) is 0 Å². The second-order valence-electron chi connectivity index (χ2n) is 3.93. The molecule has 1 atom stereocenters. The van der Waals surface area contributed by atoms with E-state index in [0.717, 1.165) is 0 Å². The Morgan fingerprint density at radius 1 is 1.28 bits per heavy atom. The first-order valence-electron chi connectivity index (χ1n) is 5.32. The minimum absolute atomic E-state index is 0.143. The molecule has 5 heteroatoms. The summed E-state index contributed by atoms with van der Waals surface area (Å²) in [6.07, 6.45) is -0.0462. The van der Waals surface area contributed by atoms with Gasteiger partial charge in [0.2, 0.25) is 0 Å². The number of hydrogen-bond donors (Lipinski definition) is 2. The van der Waals surface area contributed by atoms with Crippen LogP contribution in [0, 0.1) is 0 Å². The fourth-order valence-corrected chi connectivity index (χ4v) is 1.77. The van der Waals surface area contributed by atoms with Gasteiger partial charge in [-0.2, -0.15) is 0 Å². The van der Waals surface area contributed by atoms with Gasteiger partial charge in [0.25, 0.3) is 0 Å². The van der Waals surface area contributed by atoms with E-state index in [0.29, 0.717) is 16.8 Å². The number of carbonyl (C=O) groups is 2. The fraction of sp³-hybridized carbons (Fsp3) is 0.154. The van der Waals surface area contributed by atoms with Crippen LogP contribution >= 0.6 is 0 Å². The number of benzene rings is 1. The zero-order valence-corrected chi connectivity index (χ0v) is 9.62. The molecule has 0 radical (unpaired) electrons. The summed E-state index contributed by atoms with van der Waals surface area (Å²) >= 11 is 0. The lowest BCUT2D eigenvalue weighted by molar-refractivity contribution is -0.118. The molecule has 1 aliphatic heterocycles. The Balaban J connectivity index is 2.45. The lowest BCUT2D eigenvalue weighted by Gasteiger charge is -2.15. The van der Waals surface area contributed by atoms with E-state index in [9.17, 15) is 14.7 Å². The Morgan fingerprint density at radius 2 is 1.89 bits per heavy atom. The summed E-state index contributed by atoms with van der Waals surface area (Å²) < 4.78 is 0. The zero-order valence-electron chi connectivity index (χ0n) is 9.62. The molecule has 1 heterocycles. The highest BCUT2D eigenvalue weighted by atomic mass is 16.4. The molecular weight excluding hydrogens is 234 g/mol. The van der Waals surface area contributed by atoms with Crippen molar-refractivity contribution in [2.24, 2.45) is 4.99 Å². The van der Waals surface area contributed by atoms with Crippen molar-refractivity contribution in [3.63, 3.8) is 0 Å². The van der Waals surface area contributed by atoms with Crippen molar-refractivity contribution in [3.8, 4) is 0 Å². The van der Waals surface area contributed by atoms with E-state index in [2.05, 4.69) is 4.99 Å². The summed E-state index contributed by atoms with van der Waals surface area (Å²) in [5.41, 5.74) is 1.53. The Hall–Kier alpha value is -2.27.